The van der Waals surface area contributed by atoms with Crippen LogP contribution in [-0.4, -0.2) is 43.1 Å². The van der Waals surface area contributed by atoms with Crippen molar-refractivity contribution in [3.05, 3.63) is 70.9 Å². The van der Waals surface area contributed by atoms with E-state index in [0.29, 0.717) is 22.9 Å². The van der Waals surface area contributed by atoms with Gasteiger partial charge in [0.05, 0.1) is 22.0 Å². The molecular weight excluding hydrogens is 396 g/mol. The average molecular weight is 425 g/mol. The molecule has 0 spiro atoms. The van der Waals surface area contributed by atoms with Gasteiger partial charge in [-0.25, -0.2) is 4.98 Å². The smallest absolute Gasteiger partial charge is 0.227 e. The SMILES string of the molecule is Cc1c(CCc2ccccc2)c(N2CC[C@H](N(C)C)C2)c2c(oc3ncccc32)c1C#N. The minimum atomic E-state index is 0.513. The number of aromatic nitrogens is 1. The molecular formula is C27H28N4O. The summed E-state index contributed by atoms with van der Waals surface area (Å²) in [7, 11) is 4.31. The molecule has 162 valence electrons. The zero-order valence-electron chi connectivity index (χ0n) is 18.9. The fourth-order valence-electron chi connectivity index (χ4n) is 5.06. The van der Waals surface area contributed by atoms with E-state index in [4.69, 9.17) is 4.42 Å². The van der Waals surface area contributed by atoms with Gasteiger partial charge in [-0.3, -0.25) is 0 Å². The second-order valence-corrected chi connectivity index (χ2v) is 8.94. The van der Waals surface area contributed by atoms with E-state index in [1.54, 1.807) is 6.20 Å². The van der Waals surface area contributed by atoms with Crippen LogP contribution in [0.25, 0.3) is 22.1 Å². The van der Waals surface area contributed by atoms with Crippen LogP contribution in [-0.2, 0) is 12.8 Å². The Balaban J connectivity index is 1.73. The fraction of sp³-hybridized carbons (Fsp3) is 0.333. The molecule has 1 saturated heterocycles. The molecule has 0 radical (unpaired) electrons. The van der Waals surface area contributed by atoms with Crippen LogP contribution in [0.2, 0.25) is 0 Å². The van der Waals surface area contributed by atoms with Gasteiger partial charge in [-0.2, -0.15) is 5.26 Å². The molecule has 5 nitrogen and oxygen atoms in total. The highest BCUT2D eigenvalue weighted by atomic mass is 16.3. The molecule has 2 aromatic heterocycles. The Bertz CT molecular complexity index is 1320. The number of aryl methyl sites for hydroxylation is 1. The highest BCUT2D eigenvalue weighted by Crippen LogP contribution is 2.43. The van der Waals surface area contributed by atoms with Crippen LogP contribution in [0.1, 0.15) is 28.7 Å². The molecule has 3 heterocycles. The Hall–Kier alpha value is -3.36. The van der Waals surface area contributed by atoms with Gasteiger partial charge in [0.15, 0.2) is 5.58 Å². The Morgan fingerprint density at radius 3 is 2.69 bits per heavy atom. The number of benzene rings is 2. The molecule has 5 rings (SSSR count). The third-order valence-corrected chi connectivity index (χ3v) is 6.87. The van der Waals surface area contributed by atoms with Crippen LogP contribution in [0.5, 0.6) is 0 Å². The number of pyridine rings is 1. The van der Waals surface area contributed by atoms with E-state index < -0.39 is 0 Å². The number of furan rings is 1. The zero-order chi connectivity index (χ0) is 22.2. The number of rotatable bonds is 5. The van der Waals surface area contributed by atoms with Gasteiger partial charge >= 0.3 is 0 Å². The quantitative estimate of drug-likeness (QED) is 0.447. The van der Waals surface area contributed by atoms with Gasteiger partial charge < -0.3 is 14.2 Å². The van der Waals surface area contributed by atoms with E-state index in [-0.39, 0.29) is 0 Å². The van der Waals surface area contributed by atoms with Crippen molar-refractivity contribution in [2.45, 2.75) is 32.2 Å². The number of nitriles is 1. The van der Waals surface area contributed by atoms with E-state index in [9.17, 15) is 5.26 Å². The molecule has 1 aliphatic rings. The van der Waals surface area contributed by atoms with Crippen molar-refractivity contribution in [1.82, 2.24) is 9.88 Å². The highest BCUT2D eigenvalue weighted by Gasteiger charge is 2.31. The standard InChI is InChI=1S/C27H28N4O/c1-18-21(12-11-19-8-5-4-6-9-19)25(31-15-13-20(17-31)30(2)3)24-22-10-7-14-29-27(22)32-26(24)23(18)16-28/h4-10,14,20H,11-13,15,17H2,1-3H3/t20-/m0/s1. The first-order chi connectivity index (χ1) is 15.6. The molecule has 0 aliphatic carbocycles. The predicted octanol–water partition coefficient (Wildman–Crippen LogP) is 5.09. The Labute approximate surface area is 188 Å². The second kappa shape index (κ2) is 8.29. The summed E-state index contributed by atoms with van der Waals surface area (Å²) in [5.41, 5.74) is 6.72. The van der Waals surface area contributed by atoms with Crippen LogP contribution >= 0.6 is 0 Å². The first-order valence-corrected chi connectivity index (χ1v) is 11.3. The maximum absolute atomic E-state index is 10.1. The number of hydrogen-bond donors (Lipinski definition) is 0. The van der Waals surface area contributed by atoms with Gasteiger partial charge in [0.2, 0.25) is 5.71 Å². The maximum atomic E-state index is 10.1. The molecule has 2 aromatic carbocycles. The van der Waals surface area contributed by atoms with Crippen molar-refractivity contribution < 1.29 is 4.42 Å². The average Bonchev–Trinajstić information content (AvgIpc) is 3.44. The summed E-state index contributed by atoms with van der Waals surface area (Å²) in [6.07, 6.45) is 4.69. The van der Waals surface area contributed by atoms with Gasteiger partial charge in [-0.1, -0.05) is 30.3 Å². The number of anilines is 1. The molecule has 0 unspecified atom stereocenters. The molecule has 1 fully saturated rings. The second-order valence-electron chi connectivity index (χ2n) is 8.94. The van der Waals surface area contributed by atoms with Gasteiger partial charge in [0, 0.05) is 25.3 Å². The Morgan fingerprint density at radius 1 is 1.16 bits per heavy atom. The summed E-state index contributed by atoms with van der Waals surface area (Å²) in [5, 5.41) is 12.1. The third-order valence-electron chi connectivity index (χ3n) is 6.87. The molecule has 5 heteroatoms. The van der Waals surface area contributed by atoms with Crippen molar-refractivity contribution in [1.29, 1.82) is 5.26 Å². The Morgan fingerprint density at radius 2 is 1.97 bits per heavy atom. The van der Waals surface area contributed by atoms with Gasteiger partial charge in [0.25, 0.3) is 0 Å². The Kier molecular flexibility index (Phi) is 5.32. The minimum Gasteiger partial charge on any atom is -0.436 e. The molecule has 0 amide bonds. The lowest BCUT2D eigenvalue weighted by Crippen LogP contribution is -2.32. The van der Waals surface area contributed by atoms with Crippen molar-refractivity contribution >= 4 is 27.8 Å². The molecule has 0 N–H and O–H groups in total. The summed E-state index contributed by atoms with van der Waals surface area (Å²) in [4.78, 5) is 9.27. The lowest BCUT2D eigenvalue weighted by atomic mass is 9.91. The monoisotopic (exact) mass is 424 g/mol. The summed E-state index contributed by atoms with van der Waals surface area (Å²) >= 11 is 0. The zero-order valence-corrected chi connectivity index (χ0v) is 18.9. The summed E-state index contributed by atoms with van der Waals surface area (Å²) in [6.45, 7) is 4.04. The molecule has 1 aliphatic heterocycles. The van der Waals surface area contributed by atoms with E-state index in [1.165, 1.54) is 16.8 Å². The van der Waals surface area contributed by atoms with Crippen LogP contribution in [0.3, 0.4) is 0 Å². The molecule has 0 saturated carbocycles. The molecule has 32 heavy (non-hydrogen) atoms. The van der Waals surface area contributed by atoms with Crippen molar-refractivity contribution in [3.8, 4) is 6.07 Å². The molecule has 1 atom stereocenters. The largest absolute Gasteiger partial charge is 0.436 e. The van der Waals surface area contributed by atoms with E-state index in [1.807, 2.05) is 6.07 Å². The molecule has 0 bridgehead atoms. The number of fused-ring (bicyclic) bond motifs is 3. The number of likely N-dealkylation sites (N-methyl/N-ethyl adjacent to an activating group) is 1. The van der Waals surface area contributed by atoms with Gasteiger partial charge in [-0.15, -0.1) is 0 Å². The maximum Gasteiger partial charge on any atom is 0.227 e. The lowest BCUT2D eigenvalue weighted by molar-refractivity contribution is 0.315. The van der Waals surface area contributed by atoms with E-state index >= 15 is 0 Å². The first-order valence-electron chi connectivity index (χ1n) is 11.3. The van der Waals surface area contributed by atoms with Crippen molar-refractivity contribution in [3.63, 3.8) is 0 Å². The fourth-order valence-corrected chi connectivity index (χ4v) is 5.06. The highest BCUT2D eigenvalue weighted by molar-refractivity contribution is 6.13. The predicted molar refractivity (Wildman–Crippen MR) is 129 cm³/mol. The third kappa shape index (κ3) is 3.41. The summed E-state index contributed by atoms with van der Waals surface area (Å²) < 4.78 is 6.18. The van der Waals surface area contributed by atoms with Gasteiger partial charge in [-0.05, 0) is 69.1 Å². The topological polar surface area (TPSA) is 56.3 Å². The van der Waals surface area contributed by atoms with Crippen LogP contribution in [0.15, 0.2) is 53.1 Å². The number of hydrogen-bond acceptors (Lipinski definition) is 5. The first kappa shape index (κ1) is 20.5. The van der Waals surface area contributed by atoms with E-state index in [2.05, 4.69) is 78.3 Å². The lowest BCUT2D eigenvalue weighted by Gasteiger charge is -2.26. The normalized spacial score (nSPS) is 16.3. The van der Waals surface area contributed by atoms with Gasteiger partial charge in [0.1, 0.15) is 6.07 Å². The van der Waals surface area contributed by atoms with Crippen molar-refractivity contribution in [2.24, 2.45) is 0 Å². The van der Waals surface area contributed by atoms with Crippen LogP contribution in [0, 0.1) is 18.3 Å². The minimum absolute atomic E-state index is 0.513. The summed E-state index contributed by atoms with van der Waals surface area (Å²) in [5.74, 6) is 0. The van der Waals surface area contributed by atoms with Crippen molar-refractivity contribution in [2.75, 3.05) is 32.1 Å². The molecule has 4 aromatic rings. The van der Waals surface area contributed by atoms with Crippen LogP contribution < -0.4 is 4.90 Å². The van der Waals surface area contributed by atoms with E-state index in [0.717, 1.165) is 48.7 Å². The number of nitrogens with zero attached hydrogens (tertiary/aromatic N) is 4. The summed E-state index contributed by atoms with van der Waals surface area (Å²) in [6, 6.07) is 17.5. The van der Waals surface area contributed by atoms with Crippen LogP contribution in [0.4, 0.5) is 5.69 Å².